The second kappa shape index (κ2) is 3.42. The number of benzene rings is 1. The zero-order chi connectivity index (χ0) is 8.39. The van der Waals surface area contributed by atoms with E-state index in [9.17, 15) is 0 Å². The highest BCUT2D eigenvalue weighted by Crippen LogP contribution is 2.24. The van der Waals surface area contributed by atoms with E-state index in [1.54, 1.807) is 11.8 Å². The predicted molar refractivity (Wildman–Crippen MR) is 55.5 cm³/mol. The zero-order valence-electron chi connectivity index (χ0n) is 6.40. The molecule has 0 spiro atoms. The van der Waals surface area contributed by atoms with Crippen molar-refractivity contribution in [2.75, 3.05) is 10.8 Å². The lowest BCUT2D eigenvalue weighted by Crippen LogP contribution is -2.09. The third kappa shape index (κ3) is 1.59. The Morgan fingerprint density at radius 1 is 1.25 bits per heavy atom. The Labute approximate surface area is 81.0 Å². The summed E-state index contributed by atoms with van der Waals surface area (Å²) in [4.78, 5) is 2.18. The van der Waals surface area contributed by atoms with Gasteiger partial charge in [-0.2, -0.15) is 0 Å². The van der Waals surface area contributed by atoms with E-state index in [1.807, 2.05) is 24.3 Å². The van der Waals surface area contributed by atoms with Gasteiger partial charge in [0.1, 0.15) is 0 Å². The molecule has 0 aromatic heterocycles. The van der Waals surface area contributed by atoms with Crippen LogP contribution in [0, 0.1) is 0 Å². The van der Waals surface area contributed by atoms with Crippen molar-refractivity contribution in [3.63, 3.8) is 0 Å². The summed E-state index contributed by atoms with van der Waals surface area (Å²) in [5.74, 6) is 1.00. The normalized spacial score (nSPS) is 15.6. The van der Waals surface area contributed by atoms with Gasteiger partial charge in [0, 0.05) is 16.9 Å². The Balaban J connectivity index is 2.23. The zero-order valence-corrected chi connectivity index (χ0v) is 7.98. The number of thioether (sulfide) groups is 1. The molecule has 0 bridgehead atoms. The molecule has 1 aliphatic rings. The molecule has 0 saturated carbocycles. The van der Waals surface area contributed by atoms with Gasteiger partial charge in [-0.3, -0.25) is 0 Å². The van der Waals surface area contributed by atoms with Crippen LogP contribution in [0.2, 0.25) is 5.02 Å². The third-order valence-electron chi connectivity index (χ3n) is 1.71. The molecule has 0 saturated heterocycles. The molecule has 62 valence electrons. The van der Waals surface area contributed by atoms with Gasteiger partial charge >= 0.3 is 0 Å². The number of rotatable bonds is 1. The van der Waals surface area contributed by atoms with Crippen molar-refractivity contribution in [3.05, 3.63) is 40.9 Å². The monoisotopic (exact) mass is 197 g/mol. The molecule has 1 heterocycles. The van der Waals surface area contributed by atoms with Gasteiger partial charge in [0.25, 0.3) is 0 Å². The summed E-state index contributed by atoms with van der Waals surface area (Å²) in [6.07, 6.45) is 2.08. The van der Waals surface area contributed by atoms with E-state index in [0.29, 0.717) is 0 Å². The average Bonchev–Trinajstić information content (AvgIpc) is 2.58. The Hall–Kier alpha value is -0.600. The van der Waals surface area contributed by atoms with Gasteiger partial charge in [-0.15, -0.1) is 11.8 Å². The largest absolute Gasteiger partial charge is 0.337 e. The molecule has 0 aliphatic carbocycles. The molecule has 12 heavy (non-hydrogen) atoms. The van der Waals surface area contributed by atoms with Crippen molar-refractivity contribution >= 4 is 29.1 Å². The SMILES string of the molecule is Clc1ccc(N2C=CSC2)cc1. The predicted octanol–water partition coefficient (Wildman–Crippen LogP) is 3.32. The minimum Gasteiger partial charge on any atom is -0.337 e. The Morgan fingerprint density at radius 3 is 2.58 bits per heavy atom. The molecule has 1 aliphatic heterocycles. The standard InChI is InChI=1S/C9H8ClNS/c10-8-1-3-9(4-2-8)11-5-6-12-7-11/h1-6H,7H2. The van der Waals surface area contributed by atoms with Gasteiger partial charge in [-0.25, -0.2) is 0 Å². The molecule has 0 atom stereocenters. The summed E-state index contributed by atoms with van der Waals surface area (Å²) in [5.41, 5.74) is 1.20. The smallest absolute Gasteiger partial charge is 0.0723 e. The molecule has 0 amide bonds. The molecular weight excluding hydrogens is 190 g/mol. The van der Waals surface area contributed by atoms with Crippen LogP contribution in [-0.4, -0.2) is 5.88 Å². The fourth-order valence-corrected chi connectivity index (χ4v) is 1.92. The Morgan fingerprint density at radius 2 is 2.00 bits per heavy atom. The molecule has 0 N–H and O–H groups in total. The number of halogens is 1. The Kier molecular flexibility index (Phi) is 2.28. The van der Waals surface area contributed by atoms with E-state index in [1.165, 1.54) is 5.69 Å². The van der Waals surface area contributed by atoms with E-state index < -0.39 is 0 Å². The molecule has 1 nitrogen and oxygen atoms in total. The van der Waals surface area contributed by atoms with Crippen molar-refractivity contribution in [3.8, 4) is 0 Å². The lowest BCUT2D eigenvalue weighted by atomic mass is 10.3. The van der Waals surface area contributed by atoms with Gasteiger partial charge in [-0.1, -0.05) is 11.6 Å². The molecule has 0 unspecified atom stereocenters. The summed E-state index contributed by atoms with van der Waals surface area (Å²) >= 11 is 7.57. The molecule has 1 aromatic carbocycles. The van der Waals surface area contributed by atoms with Crippen molar-refractivity contribution in [1.82, 2.24) is 0 Å². The van der Waals surface area contributed by atoms with Crippen LogP contribution >= 0.6 is 23.4 Å². The minimum absolute atomic E-state index is 0.787. The first kappa shape index (κ1) is 8.02. The minimum atomic E-state index is 0.787. The topological polar surface area (TPSA) is 3.24 Å². The highest BCUT2D eigenvalue weighted by molar-refractivity contribution is 8.02. The van der Waals surface area contributed by atoms with Gasteiger partial charge in [0.2, 0.25) is 0 Å². The van der Waals surface area contributed by atoms with Crippen molar-refractivity contribution < 1.29 is 0 Å². The van der Waals surface area contributed by atoms with Crippen LogP contribution in [0.15, 0.2) is 35.9 Å². The first-order chi connectivity index (χ1) is 5.86. The number of hydrogen-bond donors (Lipinski definition) is 0. The second-order valence-corrected chi connectivity index (χ2v) is 3.83. The van der Waals surface area contributed by atoms with Crippen LogP contribution in [0.5, 0.6) is 0 Å². The van der Waals surface area contributed by atoms with Crippen LogP contribution < -0.4 is 4.90 Å². The van der Waals surface area contributed by atoms with Crippen LogP contribution in [0.3, 0.4) is 0 Å². The number of nitrogens with zero attached hydrogens (tertiary/aromatic N) is 1. The van der Waals surface area contributed by atoms with E-state index >= 15 is 0 Å². The van der Waals surface area contributed by atoms with Gasteiger partial charge in [-0.05, 0) is 29.7 Å². The van der Waals surface area contributed by atoms with Gasteiger partial charge in [0.15, 0.2) is 0 Å². The van der Waals surface area contributed by atoms with E-state index in [-0.39, 0.29) is 0 Å². The summed E-state index contributed by atoms with van der Waals surface area (Å²) in [7, 11) is 0. The van der Waals surface area contributed by atoms with Crippen LogP contribution in [0.25, 0.3) is 0 Å². The van der Waals surface area contributed by atoms with Crippen LogP contribution in [0.4, 0.5) is 5.69 Å². The highest BCUT2D eigenvalue weighted by atomic mass is 35.5. The summed E-state index contributed by atoms with van der Waals surface area (Å²) in [6, 6.07) is 7.87. The lowest BCUT2D eigenvalue weighted by Gasteiger charge is -2.13. The van der Waals surface area contributed by atoms with Crippen LogP contribution in [-0.2, 0) is 0 Å². The van der Waals surface area contributed by atoms with Crippen molar-refractivity contribution in [2.45, 2.75) is 0 Å². The molecule has 0 radical (unpaired) electrons. The summed E-state index contributed by atoms with van der Waals surface area (Å²) in [6.45, 7) is 0. The summed E-state index contributed by atoms with van der Waals surface area (Å²) < 4.78 is 0. The Bertz CT molecular complexity index is 294. The fourth-order valence-electron chi connectivity index (χ4n) is 1.08. The first-order valence-electron chi connectivity index (χ1n) is 3.67. The number of anilines is 1. The maximum atomic E-state index is 5.78. The molecule has 1 aromatic rings. The molecule has 2 rings (SSSR count). The van der Waals surface area contributed by atoms with E-state index in [2.05, 4.69) is 16.5 Å². The maximum Gasteiger partial charge on any atom is 0.0723 e. The van der Waals surface area contributed by atoms with Crippen molar-refractivity contribution in [2.24, 2.45) is 0 Å². The number of hydrogen-bond acceptors (Lipinski definition) is 2. The summed E-state index contributed by atoms with van der Waals surface area (Å²) in [5, 5.41) is 2.88. The van der Waals surface area contributed by atoms with E-state index in [0.717, 1.165) is 10.9 Å². The van der Waals surface area contributed by atoms with Gasteiger partial charge < -0.3 is 4.90 Å². The van der Waals surface area contributed by atoms with Crippen LogP contribution in [0.1, 0.15) is 0 Å². The average molecular weight is 198 g/mol. The lowest BCUT2D eigenvalue weighted by molar-refractivity contribution is 1.19. The highest BCUT2D eigenvalue weighted by Gasteiger charge is 2.05. The van der Waals surface area contributed by atoms with E-state index in [4.69, 9.17) is 11.6 Å². The van der Waals surface area contributed by atoms with Crippen molar-refractivity contribution in [1.29, 1.82) is 0 Å². The molecular formula is C9H8ClNS. The quantitative estimate of drug-likeness (QED) is 0.680. The maximum absolute atomic E-state index is 5.78. The fraction of sp³-hybridized carbons (Fsp3) is 0.111. The second-order valence-electron chi connectivity index (χ2n) is 2.53. The van der Waals surface area contributed by atoms with Gasteiger partial charge in [0.05, 0.1) is 5.88 Å². The first-order valence-corrected chi connectivity index (χ1v) is 5.09. The third-order valence-corrected chi connectivity index (χ3v) is 2.70. The molecule has 0 fully saturated rings. The molecule has 3 heteroatoms.